The molecule has 1 aliphatic rings. The van der Waals surface area contributed by atoms with Crippen molar-refractivity contribution in [2.24, 2.45) is 0 Å². The lowest BCUT2D eigenvalue weighted by atomic mass is 10.1. The van der Waals surface area contributed by atoms with E-state index in [1.807, 2.05) is 30.3 Å². The lowest BCUT2D eigenvalue weighted by Crippen LogP contribution is -2.00. The van der Waals surface area contributed by atoms with Gasteiger partial charge in [-0.2, -0.15) is 0 Å². The zero-order valence-corrected chi connectivity index (χ0v) is 7.10. The van der Waals surface area contributed by atoms with Gasteiger partial charge in [0, 0.05) is 12.0 Å². The molecule has 0 aliphatic heterocycles. The summed E-state index contributed by atoms with van der Waals surface area (Å²) in [5, 5.41) is 9.23. The molecule has 0 fully saturated rings. The number of Topliss-reactive ketones (excluding diaryl/α,β-unsaturated/α-hetero) is 1. The monoisotopic (exact) mass is 174 g/mol. The normalized spacial score (nSPS) is 21.8. The second-order valence-electron chi connectivity index (χ2n) is 3.14. The quantitative estimate of drug-likeness (QED) is 0.698. The predicted molar refractivity (Wildman–Crippen MR) is 50.0 cm³/mol. The zero-order valence-electron chi connectivity index (χ0n) is 7.10. The molecule has 66 valence electrons. The standard InChI is InChI=1S/C11H10O2/c12-9-6-10(11(13)7-9)8-4-2-1-3-5-8/h1-6,9,12H,7H2/t9-/m1/s1. The number of rotatable bonds is 1. The molecule has 0 radical (unpaired) electrons. The fourth-order valence-corrected chi connectivity index (χ4v) is 1.52. The molecule has 1 aromatic carbocycles. The van der Waals surface area contributed by atoms with E-state index in [0.717, 1.165) is 5.56 Å². The van der Waals surface area contributed by atoms with Crippen LogP contribution in [0.25, 0.3) is 5.57 Å². The third kappa shape index (κ3) is 1.53. The molecule has 13 heavy (non-hydrogen) atoms. The highest BCUT2D eigenvalue weighted by molar-refractivity contribution is 6.23. The van der Waals surface area contributed by atoms with Gasteiger partial charge in [0.1, 0.15) is 0 Å². The van der Waals surface area contributed by atoms with E-state index in [1.54, 1.807) is 6.08 Å². The number of aliphatic hydroxyl groups is 1. The van der Waals surface area contributed by atoms with E-state index in [2.05, 4.69) is 0 Å². The molecule has 1 N–H and O–H groups in total. The van der Waals surface area contributed by atoms with Gasteiger partial charge in [0.25, 0.3) is 0 Å². The van der Waals surface area contributed by atoms with Gasteiger partial charge >= 0.3 is 0 Å². The van der Waals surface area contributed by atoms with E-state index >= 15 is 0 Å². The zero-order chi connectivity index (χ0) is 9.26. The minimum absolute atomic E-state index is 0.0266. The number of carbonyl (C=O) groups is 1. The maximum atomic E-state index is 11.4. The van der Waals surface area contributed by atoms with Gasteiger partial charge in [-0.3, -0.25) is 4.79 Å². The number of allylic oxidation sites excluding steroid dienone is 1. The fourth-order valence-electron chi connectivity index (χ4n) is 1.52. The van der Waals surface area contributed by atoms with Gasteiger partial charge in [-0.1, -0.05) is 30.3 Å². The Morgan fingerprint density at radius 1 is 1.23 bits per heavy atom. The van der Waals surface area contributed by atoms with Crippen molar-refractivity contribution in [2.75, 3.05) is 0 Å². The summed E-state index contributed by atoms with van der Waals surface area (Å²) in [7, 11) is 0. The van der Waals surface area contributed by atoms with E-state index < -0.39 is 6.10 Å². The molecule has 0 bridgehead atoms. The summed E-state index contributed by atoms with van der Waals surface area (Å²) < 4.78 is 0. The summed E-state index contributed by atoms with van der Waals surface area (Å²) in [5.74, 6) is 0.0266. The molecule has 0 unspecified atom stereocenters. The van der Waals surface area contributed by atoms with Crippen LogP contribution in [0.2, 0.25) is 0 Å². The minimum Gasteiger partial charge on any atom is -0.389 e. The second kappa shape index (κ2) is 3.15. The number of ketones is 1. The van der Waals surface area contributed by atoms with E-state index in [0.29, 0.717) is 5.57 Å². The molecule has 1 aromatic rings. The van der Waals surface area contributed by atoms with Gasteiger partial charge in [0.15, 0.2) is 5.78 Å². The SMILES string of the molecule is O=C1C[C@H](O)C=C1c1ccccc1. The topological polar surface area (TPSA) is 37.3 Å². The van der Waals surface area contributed by atoms with Crippen LogP contribution in [0.3, 0.4) is 0 Å². The van der Waals surface area contributed by atoms with Crippen molar-refractivity contribution < 1.29 is 9.90 Å². The van der Waals surface area contributed by atoms with Crippen LogP contribution < -0.4 is 0 Å². The van der Waals surface area contributed by atoms with Gasteiger partial charge in [-0.25, -0.2) is 0 Å². The largest absolute Gasteiger partial charge is 0.389 e. The molecule has 0 saturated heterocycles. The van der Waals surface area contributed by atoms with E-state index in [1.165, 1.54) is 0 Å². The average molecular weight is 174 g/mol. The van der Waals surface area contributed by atoms with E-state index in [4.69, 9.17) is 0 Å². The molecule has 2 rings (SSSR count). The summed E-state index contributed by atoms with van der Waals surface area (Å²) in [6.45, 7) is 0. The van der Waals surface area contributed by atoms with E-state index in [9.17, 15) is 9.90 Å². The summed E-state index contributed by atoms with van der Waals surface area (Å²) in [6, 6.07) is 9.42. The number of benzene rings is 1. The lowest BCUT2D eigenvalue weighted by Gasteiger charge is -1.98. The summed E-state index contributed by atoms with van der Waals surface area (Å²) in [4.78, 5) is 11.4. The van der Waals surface area contributed by atoms with Crippen molar-refractivity contribution in [1.82, 2.24) is 0 Å². The van der Waals surface area contributed by atoms with Crippen molar-refractivity contribution in [3.05, 3.63) is 42.0 Å². The van der Waals surface area contributed by atoms with Crippen LogP contribution in [-0.4, -0.2) is 17.0 Å². The Morgan fingerprint density at radius 2 is 1.92 bits per heavy atom. The van der Waals surface area contributed by atoms with Crippen LogP contribution in [0.15, 0.2) is 36.4 Å². The Hall–Kier alpha value is -1.41. The van der Waals surface area contributed by atoms with Crippen LogP contribution >= 0.6 is 0 Å². The lowest BCUT2D eigenvalue weighted by molar-refractivity contribution is -0.114. The Kier molecular flexibility index (Phi) is 1.99. The predicted octanol–water partition coefficient (Wildman–Crippen LogP) is 1.40. The van der Waals surface area contributed by atoms with Crippen LogP contribution in [0, 0.1) is 0 Å². The number of hydrogen-bond acceptors (Lipinski definition) is 2. The molecule has 0 saturated carbocycles. The van der Waals surface area contributed by atoms with Gasteiger partial charge in [0.2, 0.25) is 0 Å². The smallest absolute Gasteiger partial charge is 0.166 e. The van der Waals surface area contributed by atoms with Gasteiger partial charge in [-0.15, -0.1) is 0 Å². The minimum atomic E-state index is -0.595. The number of hydrogen-bond donors (Lipinski definition) is 1. The van der Waals surface area contributed by atoms with Crippen molar-refractivity contribution in [3.63, 3.8) is 0 Å². The molecule has 2 nitrogen and oxygen atoms in total. The van der Waals surface area contributed by atoms with Crippen molar-refractivity contribution in [1.29, 1.82) is 0 Å². The molecule has 0 spiro atoms. The highest BCUT2D eigenvalue weighted by atomic mass is 16.3. The molecular weight excluding hydrogens is 164 g/mol. The third-order valence-corrected chi connectivity index (χ3v) is 2.14. The van der Waals surface area contributed by atoms with Gasteiger partial charge in [0.05, 0.1) is 6.10 Å². The molecule has 0 heterocycles. The maximum Gasteiger partial charge on any atom is 0.166 e. The summed E-state index contributed by atoms with van der Waals surface area (Å²) in [6.07, 6.45) is 1.25. The van der Waals surface area contributed by atoms with Crippen LogP contribution in [0.5, 0.6) is 0 Å². The highest BCUT2D eigenvalue weighted by Gasteiger charge is 2.22. The Balaban J connectivity index is 2.37. The molecule has 0 amide bonds. The average Bonchev–Trinajstić information content (AvgIpc) is 2.47. The number of aliphatic hydroxyl groups excluding tert-OH is 1. The molecule has 0 aromatic heterocycles. The molecule has 1 aliphatic carbocycles. The number of carbonyl (C=O) groups excluding carboxylic acids is 1. The van der Waals surface area contributed by atoms with Crippen molar-refractivity contribution in [2.45, 2.75) is 12.5 Å². The van der Waals surface area contributed by atoms with Gasteiger partial charge in [-0.05, 0) is 11.6 Å². The Labute approximate surface area is 76.5 Å². The molecule has 2 heteroatoms. The first-order valence-electron chi connectivity index (χ1n) is 4.26. The molecule has 1 atom stereocenters. The highest BCUT2D eigenvalue weighted by Crippen LogP contribution is 2.24. The first-order chi connectivity index (χ1) is 6.27. The Morgan fingerprint density at radius 3 is 2.46 bits per heavy atom. The van der Waals surface area contributed by atoms with Crippen LogP contribution in [0.4, 0.5) is 0 Å². The summed E-state index contributed by atoms with van der Waals surface area (Å²) in [5.41, 5.74) is 1.54. The molecular formula is C11H10O2. The second-order valence-corrected chi connectivity index (χ2v) is 3.14. The van der Waals surface area contributed by atoms with Crippen molar-refractivity contribution >= 4 is 11.4 Å². The first-order valence-corrected chi connectivity index (χ1v) is 4.26. The van der Waals surface area contributed by atoms with Crippen molar-refractivity contribution in [3.8, 4) is 0 Å². The first kappa shape index (κ1) is 8.20. The van der Waals surface area contributed by atoms with Crippen LogP contribution in [0.1, 0.15) is 12.0 Å². The third-order valence-electron chi connectivity index (χ3n) is 2.14. The van der Waals surface area contributed by atoms with E-state index in [-0.39, 0.29) is 12.2 Å². The van der Waals surface area contributed by atoms with Crippen LogP contribution in [-0.2, 0) is 4.79 Å². The Bertz CT molecular complexity index is 352. The summed E-state index contributed by atoms with van der Waals surface area (Å²) >= 11 is 0. The van der Waals surface area contributed by atoms with Gasteiger partial charge < -0.3 is 5.11 Å². The maximum absolute atomic E-state index is 11.4. The fraction of sp³-hybridized carbons (Fsp3) is 0.182.